The molecule has 0 unspecified atom stereocenters. The van der Waals surface area contributed by atoms with Gasteiger partial charge in [0.15, 0.2) is 5.82 Å². The third kappa shape index (κ3) is 1.77. The van der Waals surface area contributed by atoms with Crippen molar-refractivity contribution in [2.24, 2.45) is 10.2 Å². The van der Waals surface area contributed by atoms with E-state index in [1.807, 2.05) is 12.1 Å². The largest absolute Gasteiger partial charge is 0.397 e. The fourth-order valence-corrected chi connectivity index (χ4v) is 0.991. The van der Waals surface area contributed by atoms with Gasteiger partial charge < -0.3 is 5.73 Å². The van der Waals surface area contributed by atoms with Gasteiger partial charge in [-0.05, 0) is 12.1 Å². The molecule has 0 radical (unpaired) electrons. The van der Waals surface area contributed by atoms with E-state index in [-0.39, 0.29) is 0 Å². The molecule has 0 saturated heterocycles. The molecule has 0 aliphatic carbocycles. The number of aromatic nitrogens is 2. The number of nitrogen functional groups attached to an aromatic ring is 1. The van der Waals surface area contributed by atoms with Gasteiger partial charge in [-0.2, -0.15) is 5.10 Å². The average molecular weight is 187 g/mol. The van der Waals surface area contributed by atoms with Crippen LogP contribution in [-0.4, -0.2) is 10.2 Å². The van der Waals surface area contributed by atoms with Crippen LogP contribution in [0.3, 0.4) is 0 Å². The Morgan fingerprint density at radius 3 is 2.71 bits per heavy atom. The fourth-order valence-electron chi connectivity index (χ4n) is 0.991. The molecule has 0 bridgehead atoms. The third-order valence-electron chi connectivity index (χ3n) is 1.69. The number of aromatic amines is 1. The van der Waals surface area contributed by atoms with E-state index in [4.69, 9.17) is 5.73 Å². The number of H-pyrrole nitrogens is 1. The van der Waals surface area contributed by atoms with E-state index in [1.54, 1.807) is 24.4 Å². The van der Waals surface area contributed by atoms with Crippen LogP contribution in [0.1, 0.15) is 0 Å². The molecular weight excluding hydrogens is 178 g/mol. The maximum atomic E-state index is 5.68. The second-order valence-corrected chi connectivity index (χ2v) is 2.70. The molecule has 5 heteroatoms. The summed E-state index contributed by atoms with van der Waals surface area (Å²) in [6.07, 6.45) is 1.61. The molecule has 1 aromatic heterocycles. The number of benzene rings is 1. The molecule has 0 atom stereocenters. The van der Waals surface area contributed by atoms with Crippen LogP contribution < -0.4 is 5.73 Å². The van der Waals surface area contributed by atoms with Crippen molar-refractivity contribution in [2.75, 3.05) is 5.73 Å². The average Bonchev–Trinajstić information content (AvgIpc) is 2.69. The molecule has 0 fully saturated rings. The number of para-hydroxylation sites is 1. The second-order valence-electron chi connectivity index (χ2n) is 2.70. The monoisotopic (exact) mass is 187 g/mol. The first kappa shape index (κ1) is 8.43. The van der Waals surface area contributed by atoms with Gasteiger partial charge >= 0.3 is 0 Å². The Kier molecular flexibility index (Phi) is 2.22. The minimum Gasteiger partial charge on any atom is -0.397 e. The van der Waals surface area contributed by atoms with Crippen LogP contribution in [0.5, 0.6) is 0 Å². The summed E-state index contributed by atoms with van der Waals surface area (Å²) in [4.78, 5) is 0. The number of hydrogen-bond acceptors (Lipinski definition) is 4. The molecule has 70 valence electrons. The molecule has 0 saturated carbocycles. The van der Waals surface area contributed by atoms with Gasteiger partial charge in [-0.3, -0.25) is 5.10 Å². The molecule has 0 aliphatic heterocycles. The molecule has 2 rings (SSSR count). The lowest BCUT2D eigenvalue weighted by Crippen LogP contribution is -1.82. The number of nitrogens with zero attached hydrogens (tertiary/aromatic N) is 3. The summed E-state index contributed by atoms with van der Waals surface area (Å²) in [6.45, 7) is 0. The van der Waals surface area contributed by atoms with Crippen molar-refractivity contribution in [3.63, 3.8) is 0 Å². The minimum atomic E-state index is 0.605. The van der Waals surface area contributed by atoms with Gasteiger partial charge in [0.2, 0.25) is 0 Å². The number of nitrogens with one attached hydrogen (secondary N) is 1. The van der Waals surface area contributed by atoms with Crippen molar-refractivity contribution in [1.29, 1.82) is 0 Å². The Bertz CT molecular complexity index is 432. The van der Waals surface area contributed by atoms with Gasteiger partial charge in [0.1, 0.15) is 5.69 Å². The number of hydrogen-bond donors (Lipinski definition) is 2. The summed E-state index contributed by atoms with van der Waals surface area (Å²) >= 11 is 0. The maximum absolute atomic E-state index is 5.68. The van der Waals surface area contributed by atoms with Gasteiger partial charge in [0, 0.05) is 6.07 Å². The number of azo groups is 1. The molecule has 0 spiro atoms. The minimum absolute atomic E-state index is 0.605. The van der Waals surface area contributed by atoms with E-state index in [0.717, 1.165) is 0 Å². The second kappa shape index (κ2) is 3.69. The highest BCUT2D eigenvalue weighted by molar-refractivity contribution is 5.61. The summed E-state index contributed by atoms with van der Waals surface area (Å²) in [5.41, 5.74) is 6.94. The van der Waals surface area contributed by atoms with Crippen LogP contribution in [0.25, 0.3) is 0 Å². The highest BCUT2D eigenvalue weighted by Crippen LogP contribution is 2.22. The van der Waals surface area contributed by atoms with E-state index in [0.29, 0.717) is 17.2 Å². The van der Waals surface area contributed by atoms with E-state index in [9.17, 15) is 0 Å². The first-order chi connectivity index (χ1) is 6.86. The van der Waals surface area contributed by atoms with E-state index >= 15 is 0 Å². The predicted molar refractivity (Wildman–Crippen MR) is 53.6 cm³/mol. The quantitative estimate of drug-likeness (QED) is 0.559. The Morgan fingerprint density at radius 1 is 1.14 bits per heavy atom. The zero-order chi connectivity index (χ0) is 9.80. The molecular formula is C9H9N5. The highest BCUT2D eigenvalue weighted by Gasteiger charge is 1.94. The first-order valence-corrected chi connectivity index (χ1v) is 4.12. The van der Waals surface area contributed by atoms with Crippen LogP contribution in [0.4, 0.5) is 17.2 Å². The Balaban J connectivity index is 2.23. The van der Waals surface area contributed by atoms with E-state index < -0.39 is 0 Å². The van der Waals surface area contributed by atoms with Crippen LogP contribution >= 0.6 is 0 Å². The highest BCUT2D eigenvalue weighted by atomic mass is 15.2. The van der Waals surface area contributed by atoms with Crippen molar-refractivity contribution >= 4 is 17.2 Å². The number of anilines is 1. The molecule has 3 N–H and O–H groups in total. The summed E-state index contributed by atoms with van der Waals surface area (Å²) in [5.74, 6) is 0.605. The fraction of sp³-hybridized carbons (Fsp3) is 0. The predicted octanol–water partition coefficient (Wildman–Crippen LogP) is 2.41. The van der Waals surface area contributed by atoms with Crippen LogP contribution in [0, 0.1) is 0 Å². The number of rotatable bonds is 2. The lowest BCUT2D eigenvalue weighted by molar-refractivity contribution is 1.06. The third-order valence-corrected chi connectivity index (χ3v) is 1.69. The topological polar surface area (TPSA) is 79.4 Å². The number of nitrogens with two attached hydrogens (primary N) is 1. The van der Waals surface area contributed by atoms with Crippen molar-refractivity contribution in [3.8, 4) is 0 Å². The van der Waals surface area contributed by atoms with Crippen molar-refractivity contribution in [1.82, 2.24) is 10.2 Å². The van der Waals surface area contributed by atoms with E-state index in [2.05, 4.69) is 20.4 Å². The van der Waals surface area contributed by atoms with Crippen LogP contribution in [-0.2, 0) is 0 Å². The summed E-state index contributed by atoms with van der Waals surface area (Å²) in [6, 6.07) is 9.02. The van der Waals surface area contributed by atoms with Gasteiger partial charge in [-0.1, -0.05) is 12.1 Å². The smallest absolute Gasteiger partial charge is 0.170 e. The summed E-state index contributed by atoms with van der Waals surface area (Å²) < 4.78 is 0. The summed E-state index contributed by atoms with van der Waals surface area (Å²) in [7, 11) is 0. The van der Waals surface area contributed by atoms with Gasteiger partial charge in [0.25, 0.3) is 0 Å². The Labute approximate surface area is 80.7 Å². The van der Waals surface area contributed by atoms with Gasteiger partial charge in [-0.15, -0.1) is 10.2 Å². The summed E-state index contributed by atoms with van der Waals surface area (Å²) in [5, 5.41) is 14.3. The molecule has 14 heavy (non-hydrogen) atoms. The molecule has 1 aromatic carbocycles. The SMILES string of the molecule is Nc1ccccc1N=Nc1ccn[nH]1. The van der Waals surface area contributed by atoms with E-state index in [1.165, 1.54) is 0 Å². The van der Waals surface area contributed by atoms with Crippen LogP contribution in [0.15, 0.2) is 46.8 Å². The molecule has 5 nitrogen and oxygen atoms in total. The lowest BCUT2D eigenvalue weighted by Gasteiger charge is -1.95. The van der Waals surface area contributed by atoms with Crippen molar-refractivity contribution in [2.45, 2.75) is 0 Å². The molecule has 0 aliphatic rings. The van der Waals surface area contributed by atoms with Crippen molar-refractivity contribution in [3.05, 3.63) is 36.5 Å². The van der Waals surface area contributed by atoms with Gasteiger partial charge in [-0.25, -0.2) is 0 Å². The molecule has 0 amide bonds. The molecule has 1 heterocycles. The van der Waals surface area contributed by atoms with Crippen molar-refractivity contribution < 1.29 is 0 Å². The Hall–Kier alpha value is -2.17. The normalized spacial score (nSPS) is 10.9. The standard InChI is InChI=1S/C9H9N5/c10-7-3-1-2-4-8(7)12-14-9-5-6-11-13-9/h1-6H,10H2,(H,11,13). The zero-order valence-electron chi connectivity index (χ0n) is 7.38. The zero-order valence-corrected chi connectivity index (χ0v) is 7.38. The van der Waals surface area contributed by atoms with Gasteiger partial charge in [0.05, 0.1) is 11.9 Å². The van der Waals surface area contributed by atoms with Crippen LogP contribution in [0.2, 0.25) is 0 Å². The maximum Gasteiger partial charge on any atom is 0.170 e. The molecule has 2 aromatic rings. The Morgan fingerprint density at radius 2 is 2.00 bits per heavy atom. The first-order valence-electron chi connectivity index (χ1n) is 4.12. The lowest BCUT2D eigenvalue weighted by atomic mass is 10.3.